The number of methoxy groups -OCH3 is 1. The zero-order chi connectivity index (χ0) is 11.0. The van der Waals surface area contributed by atoms with Crippen molar-refractivity contribution in [2.75, 3.05) is 7.11 Å². The molecule has 0 bridgehead atoms. The SMILES string of the molecule is COc1cc(CN)cc2c(C)n(C)nc12. The van der Waals surface area contributed by atoms with Crippen molar-refractivity contribution in [3.8, 4) is 5.75 Å². The molecule has 2 rings (SSSR count). The molecule has 0 radical (unpaired) electrons. The quantitative estimate of drug-likeness (QED) is 0.805. The third-order valence-corrected chi connectivity index (χ3v) is 2.72. The van der Waals surface area contributed by atoms with Crippen LogP contribution in [0.3, 0.4) is 0 Å². The standard InChI is InChI=1S/C11H15N3O/c1-7-9-4-8(6-12)5-10(15-3)11(9)13-14(7)2/h4-5H,6,12H2,1-3H3. The summed E-state index contributed by atoms with van der Waals surface area (Å²) in [6.45, 7) is 2.55. The average Bonchev–Trinajstić information content (AvgIpc) is 2.54. The van der Waals surface area contributed by atoms with E-state index in [0.29, 0.717) is 6.54 Å². The molecule has 0 spiro atoms. The second kappa shape index (κ2) is 3.55. The summed E-state index contributed by atoms with van der Waals surface area (Å²) < 4.78 is 7.16. The maximum Gasteiger partial charge on any atom is 0.147 e. The summed E-state index contributed by atoms with van der Waals surface area (Å²) in [5, 5.41) is 5.52. The van der Waals surface area contributed by atoms with Gasteiger partial charge in [0.05, 0.1) is 7.11 Å². The average molecular weight is 205 g/mol. The molecule has 0 aliphatic carbocycles. The first-order valence-corrected chi connectivity index (χ1v) is 4.87. The highest BCUT2D eigenvalue weighted by atomic mass is 16.5. The van der Waals surface area contributed by atoms with Gasteiger partial charge in [0.2, 0.25) is 0 Å². The Morgan fingerprint density at radius 3 is 2.80 bits per heavy atom. The van der Waals surface area contributed by atoms with E-state index in [1.54, 1.807) is 7.11 Å². The number of fused-ring (bicyclic) bond motifs is 1. The van der Waals surface area contributed by atoms with Crippen molar-refractivity contribution < 1.29 is 4.74 Å². The van der Waals surface area contributed by atoms with E-state index in [2.05, 4.69) is 11.2 Å². The predicted octanol–water partition coefficient (Wildman–Crippen LogP) is 1.35. The molecule has 0 amide bonds. The van der Waals surface area contributed by atoms with Crippen LogP contribution in [0.2, 0.25) is 0 Å². The lowest BCUT2D eigenvalue weighted by Crippen LogP contribution is -1.97. The fraction of sp³-hybridized carbons (Fsp3) is 0.364. The second-order valence-electron chi connectivity index (χ2n) is 3.61. The lowest BCUT2D eigenvalue weighted by atomic mass is 10.1. The minimum Gasteiger partial charge on any atom is -0.494 e. The lowest BCUT2D eigenvalue weighted by Gasteiger charge is -2.03. The van der Waals surface area contributed by atoms with Crippen LogP contribution >= 0.6 is 0 Å². The Morgan fingerprint density at radius 1 is 1.47 bits per heavy atom. The highest BCUT2D eigenvalue weighted by Gasteiger charge is 2.11. The van der Waals surface area contributed by atoms with Gasteiger partial charge in [0.25, 0.3) is 0 Å². The summed E-state index contributed by atoms with van der Waals surface area (Å²) in [7, 11) is 3.58. The van der Waals surface area contributed by atoms with Gasteiger partial charge in [0.15, 0.2) is 0 Å². The smallest absolute Gasteiger partial charge is 0.147 e. The molecule has 0 atom stereocenters. The van der Waals surface area contributed by atoms with E-state index in [0.717, 1.165) is 27.9 Å². The van der Waals surface area contributed by atoms with Crippen molar-refractivity contribution in [3.63, 3.8) is 0 Å². The number of nitrogens with zero attached hydrogens (tertiary/aromatic N) is 2. The first-order chi connectivity index (χ1) is 7.17. The Labute approximate surface area is 88.6 Å². The number of aromatic nitrogens is 2. The molecule has 4 nitrogen and oxygen atoms in total. The highest BCUT2D eigenvalue weighted by molar-refractivity contribution is 5.87. The molecule has 0 saturated heterocycles. The van der Waals surface area contributed by atoms with E-state index in [1.165, 1.54) is 0 Å². The first-order valence-electron chi connectivity index (χ1n) is 4.87. The van der Waals surface area contributed by atoms with Crippen LogP contribution in [0.4, 0.5) is 0 Å². The van der Waals surface area contributed by atoms with Gasteiger partial charge in [-0.1, -0.05) is 0 Å². The summed E-state index contributed by atoms with van der Waals surface area (Å²) in [6.07, 6.45) is 0. The normalized spacial score (nSPS) is 10.9. The monoisotopic (exact) mass is 205 g/mol. The van der Waals surface area contributed by atoms with E-state index < -0.39 is 0 Å². The Kier molecular flexibility index (Phi) is 2.36. The molecule has 15 heavy (non-hydrogen) atoms. The van der Waals surface area contributed by atoms with Crippen LogP contribution in [0, 0.1) is 6.92 Å². The van der Waals surface area contributed by atoms with E-state index in [4.69, 9.17) is 10.5 Å². The topological polar surface area (TPSA) is 53.1 Å². The molecule has 0 unspecified atom stereocenters. The molecule has 2 N–H and O–H groups in total. The Bertz CT molecular complexity index is 502. The van der Waals surface area contributed by atoms with Gasteiger partial charge in [-0.3, -0.25) is 4.68 Å². The second-order valence-corrected chi connectivity index (χ2v) is 3.61. The molecule has 2 aromatic rings. The molecule has 1 aromatic carbocycles. The molecule has 80 valence electrons. The number of ether oxygens (including phenoxy) is 1. The van der Waals surface area contributed by atoms with Gasteiger partial charge in [-0.15, -0.1) is 0 Å². The minimum absolute atomic E-state index is 0.515. The molecule has 4 heteroatoms. The Balaban J connectivity index is 2.80. The molecular weight excluding hydrogens is 190 g/mol. The molecule has 0 saturated carbocycles. The maximum atomic E-state index is 5.64. The maximum absolute atomic E-state index is 5.64. The lowest BCUT2D eigenvalue weighted by molar-refractivity contribution is 0.418. The van der Waals surface area contributed by atoms with Crippen LogP contribution in [0.1, 0.15) is 11.3 Å². The van der Waals surface area contributed by atoms with Crippen molar-refractivity contribution in [1.82, 2.24) is 9.78 Å². The van der Waals surface area contributed by atoms with Gasteiger partial charge in [-0.25, -0.2) is 0 Å². The number of rotatable bonds is 2. The predicted molar refractivity (Wildman–Crippen MR) is 59.9 cm³/mol. The first kappa shape index (κ1) is 9.98. The van der Waals surface area contributed by atoms with E-state index in [1.807, 2.05) is 24.7 Å². The van der Waals surface area contributed by atoms with Crippen LogP contribution in [0.25, 0.3) is 10.9 Å². The molecule has 1 aromatic heterocycles. The third kappa shape index (κ3) is 1.47. The number of hydrogen-bond acceptors (Lipinski definition) is 3. The minimum atomic E-state index is 0.515. The fourth-order valence-electron chi connectivity index (χ4n) is 1.72. The zero-order valence-corrected chi connectivity index (χ0v) is 9.24. The summed E-state index contributed by atoms with van der Waals surface area (Å²) in [4.78, 5) is 0. The van der Waals surface area contributed by atoms with E-state index in [-0.39, 0.29) is 0 Å². The van der Waals surface area contributed by atoms with Gasteiger partial charge < -0.3 is 10.5 Å². The van der Waals surface area contributed by atoms with Gasteiger partial charge in [0.1, 0.15) is 11.3 Å². The van der Waals surface area contributed by atoms with Gasteiger partial charge in [0, 0.05) is 24.7 Å². The molecule has 0 aliphatic rings. The van der Waals surface area contributed by atoms with Crippen LogP contribution in [0.5, 0.6) is 5.75 Å². The number of nitrogens with two attached hydrogens (primary N) is 1. The summed E-state index contributed by atoms with van der Waals surface area (Å²) in [6, 6.07) is 4.01. The van der Waals surface area contributed by atoms with E-state index >= 15 is 0 Å². The van der Waals surface area contributed by atoms with Gasteiger partial charge in [-0.2, -0.15) is 5.10 Å². The van der Waals surface area contributed by atoms with Crippen molar-refractivity contribution in [2.24, 2.45) is 12.8 Å². The molecule has 1 heterocycles. The van der Waals surface area contributed by atoms with Crippen LogP contribution in [-0.2, 0) is 13.6 Å². The molecular formula is C11H15N3O. The Morgan fingerprint density at radius 2 is 2.20 bits per heavy atom. The largest absolute Gasteiger partial charge is 0.494 e. The van der Waals surface area contributed by atoms with Crippen molar-refractivity contribution in [3.05, 3.63) is 23.4 Å². The van der Waals surface area contributed by atoms with Crippen molar-refractivity contribution in [2.45, 2.75) is 13.5 Å². The van der Waals surface area contributed by atoms with E-state index in [9.17, 15) is 0 Å². The summed E-state index contributed by atoms with van der Waals surface area (Å²) in [5.41, 5.74) is 8.73. The van der Waals surface area contributed by atoms with Crippen LogP contribution in [0.15, 0.2) is 12.1 Å². The molecule has 0 aliphatic heterocycles. The van der Waals surface area contributed by atoms with Gasteiger partial charge in [-0.05, 0) is 24.6 Å². The highest BCUT2D eigenvalue weighted by Crippen LogP contribution is 2.28. The zero-order valence-electron chi connectivity index (χ0n) is 9.24. The van der Waals surface area contributed by atoms with Crippen LogP contribution in [-0.4, -0.2) is 16.9 Å². The fourth-order valence-corrected chi connectivity index (χ4v) is 1.72. The van der Waals surface area contributed by atoms with Gasteiger partial charge >= 0.3 is 0 Å². The Hall–Kier alpha value is -1.55. The summed E-state index contributed by atoms with van der Waals surface area (Å²) >= 11 is 0. The van der Waals surface area contributed by atoms with Crippen molar-refractivity contribution >= 4 is 10.9 Å². The number of aryl methyl sites for hydroxylation is 2. The summed E-state index contributed by atoms with van der Waals surface area (Å²) in [5.74, 6) is 0.789. The molecule has 0 fully saturated rings. The van der Waals surface area contributed by atoms with Crippen molar-refractivity contribution in [1.29, 1.82) is 0 Å². The number of benzene rings is 1. The number of hydrogen-bond donors (Lipinski definition) is 1. The van der Waals surface area contributed by atoms with Crippen LogP contribution < -0.4 is 10.5 Å². The third-order valence-electron chi connectivity index (χ3n) is 2.72.